The van der Waals surface area contributed by atoms with Gasteiger partial charge >= 0.3 is 0 Å². The molecule has 1 aliphatic carbocycles. The summed E-state index contributed by atoms with van der Waals surface area (Å²) in [5.41, 5.74) is 16.2. The summed E-state index contributed by atoms with van der Waals surface area (Å²) in [6.45, 7) is 4.70. The molecule has 0 amide bonds. The number of aromatic nitrogens is 2. The van der Waals surface area contributed by atoms with Crippen molar-refractivity contribution in [3.63, 3.8) is 0 Å². The van der Waals surface area contributed by atoms with Gasteiger partial charge in [-0.25, -0.2) is 0 Å². The molecule has 8 aromatic carbocycles. The first-order valence-electron chi connectivity index (χ1n) is 18.2. The highest BCUT2D eigenvalue weighted by Crippen LogP contribution is 2.51. The zero-order valence-corrected chi connectivity index (χ0v) is 28.9. The van der Waals surface area contributed by atoms with Gasteiger partial charge in [0.1, 0.15) is 0 Å². The van der Waals surface area contributed by atoms with Crippen molar-refractivity contribution in [2.75, 3.05) is 4.90 Å². The SMILES string of the molecule is CC1(C)c2ccccc2-c2cc(N(c3ccc4c(c3)n3c5ccccc5c5ccc6c7ccccc7n4c6c53)c3cccc4ccccc34)ccc21. The molecule has 3 heterocycles. The molecule has 3 heteroatoms. The monoisotopic (exact) mass is 663 g/mol. The molecule has 52 heavy (non-hydrogen) atoms. The molecule has 244 valence electrons. The van der Waals surface area contributed by atoms with E-state index < -0.39 is 0 Å². The molecule has 0 N–H and O–H groups in total. The zero-order valence-electron chi connectivity index (χ0n) is 28.9. The smallest absolute Gasteiger partial charge is 0.0789 e. The summed E-state index contributed by atoms with van der Waals surface area (Å²) >= 11 is 0. The Bertz CT molecular complexity index is 3280. The van der Waals surface area contributed by atoms with Crippen molar-refractivity contribution in [3.8, 4) is 11.1 Å². The van der Waals surface area contributed by atoms with Crippen LogP contribution in [0, 0.1) is 0 Å². The van der Waals surface area contributed by atoms with Gasteiger partial charge in [-0.2, -0.15) is 0 Å². The van der Waals surface area contributed by atoms with Crippen molar-refractivity contribution < 1.29 is 0 Å². The number of para-hydroxylation sites is 2. The van der Waals surface area contributed by atoms with Gasteiger partial charge in [0, 0.05) is 43.7 Å². The van der Waals surface area contributed by atoms with Crippen LogP contribution in [0.3, 0.4) is 0 Å². The first-order chi connectivity index (χ1) is 25.6. The lowest BCUT2D eigenvalue weighted by atomic mass is 9.82. The number of fused-ring (bicyclic) bond motifs is 13. The maximum atomic E-state index is 2.52. The van der Waals surface area contributed by atoms with Crippen LogP contribution in [0.5, 0.6) is 0 Å². The van der Waals surface area contributed by atoms with Crippen LogP contribution in [-0.2, 0) is 5.41 Å². The van der Waals surface area contributed by atoms with Crippen LogP contribution in [0.1, 0.15) is 25.0 Å². The molecule has 12 rings (SSSR count). The van der Waals surface area contributed by atoms with E-state index in [0.717, 1.165) is 17.1 Å². The van der Waals surface area contributed by atoms with Crippen molar-refractivity contribution in [2.24, 2.45) is 0 Å². The minimum atomic E-state index is -0.0559. The van der Waals surface area contributed by atoms with Crippen LogP contribution in [0.25, 0.3) is 76.5 Å². The van der Waals surface area contributed by atoms with Gasteiger partial charge in [0.25, 0.3) is 0 Å². The van der Waals surface area contributed by atoms with Crippen molar-refractivity contribution in [3.05, 3.63) is 175 Å². The van der Waals surface area contributed by atoms with Crippen molar-refractivity contribution in [2.45, 2.75) is 19.3 Å². The van der Waals surface area contributed by atoms with Gasteiger partial charge in [0.2, 0.25) is 0 Å². The fraction of sp³-hybridized carbons (Fsp3) is 0.0612. The second-order valence-electron chi connectivity index (χ2n) is 15.0. The van der Waals surface area contributed by atoms with E-state index in [9.17, 15) is 0 Å². The average Bonchev–Trinajstić information content (AvgIpc) is 3.79. The number of anilines is 3. The molecule has 0 unspecified atom stereocenters. The first-order valence-corrected chi connectivity index (χ1v) is 18.2. The number of hydrogen-bond donors (Lipinski definition) is 0. The lowest BCUT2D eigenvalue weighted by Crippen LogP contribution is -2.15. The molecule has 11 aromatic rings. The molecule has 0 aliphatic heterocycles. The second-order valence-corrected chi connectivity index (χ2v) is 15.0. The van der Waals surface area contributed by atoms with Crippen LogP contribution < -0.4 is 4.90 Å². The van der Waals surface area contributed by atoms with E-state index in [1.165, 1.54) is 87.7 Å². The standard InChI is InChI=1S/C49H33N3/c1-49(2)40-18-8-5-15-34(40)39-28-31(22-26-41(39)49)50(42-21-11-13-30-12-3-4-14-33(30)42)32-23-27-45-46(29-32)52-44-20-10-7-17-36(44)38-25-24-37-35-16-6-9-19-43(35)51(45)47(37)48(38)52/h3-29H,1-2H3. The molecule has 0 saturated heterocycles. The minimum absolute atomic E-state index is 0.0559. The molecule has 0 radical (unpaired) electrons. The van der Waals surface area contributed by atoms with Gasteiger partial charge in [-0.1, -0.05) is 129 Å². The van der Waals surface area contributed by atoms with E-state index in [2.05, 4.69) is 191 Å². The Hall–Kier alpha value is -6.58. The van der Waals surface area contributed by atoms with Gasteiger partial charge in [0.05, 0.1) is 38.8 Å². The molecule has 0 saturated carbocycles. The summed E-state index contributed by atoms with van der Waals surface area (Å²) in [6.07, 6.45) is 0. The third-order valence-corrected chi connectivity index (χ3v) is 12.0. The van der Waals surface area contributed by atoms with E-state index in [4.69, 9.17) is 0 Å². The molecule has 1 aliphatic rings. The minimum Gasteiger partial charge on any atom is -0.310 e. The molecule has 0 bridgehead atoms. The fourth-order valence-corrected chi connectivity index (χ4v) is 9.70. The largest absolute Gasteiger partial charge is 0.310 e. The van der Waals surface area contributed by atoms with Crippen LogP contribution >= 0.6 is 0 Å². The Balaban J connectivity index is 1.21. The topological polar surface area (TPSA) is 12.1 Å². The Labute approximate surface area is 300 Å². The molecule has 0 atom stereocenters. The van der Waals surface area contributed by atoms with Crippen LogP contribution in [0.4, 0.5) is 17.1 Å². The van der Waals surface area contributed by atoms with E-state index in [1.54, 1.807) is 0 Å². The van der Waals surface area contributed by atoms with E-state index in [0.29, 0.717) is 0 Å². The van der Waals surface area contributed by atoms with Crippen LogP contribution in [-0.4, -0.2) is 8.80 Å². The summed E-state index contributed by atoms with van der Waals surface area (Å²) in [7, 11) is 0. The van der Waals surface area contributed by atoms with E-state index >= 15 is 0 Å². The highest BCUT2D eigenvalue weighted by atomic mass is 15.1. The summed E-state index contributed by atoms with van der Waals surface area (Å²) < 4.78 is 5.02. The number of benzene rings is 8. The molecule has 0 fully saturated rings. The Kier molecular flexibility index (Phi) is 5.31. The molecule has 3 nitrogen and oxygen atoms in total. The summed E-state index contributed by atoms with van der Waals surface area (Å²) in [5, 5.41) is 7.59. The maximum absolute atomic E-state index is 2.52. The maximum Gasteiger partial charge on any atom is 0.0789 e. The lowest BCUT2D eigenvalue weighted by molar-refractivity contribution is 0.660. The Morgan fingerprint density at radius 1 is 0.404 bits per heavy atom. The molecular formula is C49H33N3. The predicted octanol–water partition coefficient (Wildman–Crippen LogP) is 13.2. The van der Waals surface area contributed by atoms with Gasteiger partial charge in [-0.15, -0.1) is 0 Å². The van der Waals surface area contributed by atoms with E-state index in [-0.39, 0.29) is 5.41 Å². The number of rotatable bonds is 3. The zero-order chi connectivity index (χ0) is 34.3. The van der Waals surface area contributed by atoms with Crippen molar-refractivity contribution >= 4 is 82.5 Å². The normalized spacial score (nSPS) is 13.7. The summed E-state index contributed by atoms with van der Waals surface area (Å²) in [4.78, 5) is 2.48. The van der Waals surface area contributed by atoms with Crippen LogP contribution in [0.15, 0.2) is 164 Å². The summed E-state index contributed by atoms with van der Waals surface area (Å²) in [6, 6.07) is 60.9. The van der Waals surface area contributed by atoms with Crippen LogP contribution in [0.2, 0.25) is 0 Å². The highest BCUT2D eigenvalue weighted by Gasteiger charge is 2.35. The second kappa shape index (κ2) is 9.80. The van der Waals surface area contributed by atoms with Gasteiger partial charge in [0.15, 0.2) is 0 Å². The first kappa shape index (κ1) is 28.2. The third-order valence-electron chi connectivity index (χ3n) is 12.0. The lowest BCUT2D eigenvalue weighted by Gasteiger charge is -2.28. The molecule has 3 aromatic heterocycles. The van der Waals surface area contributed by atoms with Crippen molar-refractivity contribution in [1.82, 2.24) is 8.80 Å². The highest BCUT2D eigenvalue weighted by molar-refractivity contribution is 6.25. The predicted molar refractivity (Wildman–Crippen MR) is 219 cm³/mol. The van der Waals surface area contributed by atoms with Gasteiger partial charge in [-0.3, -0.25) is 0 Å². The number of nitrogens with zero attached hydrogens (tertiary/aromatic N) is 3. The van der Waals surface area contributed by atoms with Gasteiger partial charge < -0.3 is 13.7 Å². The molecule has 0 spiro atoms. The Morgan fingerprint density at radius 2 is 0.981 bits per heavy atom. The average molecular weight is 664 g/mol. The van der Waals surface area contributed by atoms with Gasteiger partial charge in [-0.05, 0) is 76.2 Å². The number of hydrogen-bond acceptors (Lipinski definition) is 1. The quantitative estimate of drug-likeness (QED) is 0.171. The third kappa shape index (κ3) is 3.45. The Morgan fingerprint density at radius 3 is 1.75 bits per heavy atom. The fourth-order valence-electron chi connectivity index (χ4n) is 9.70. The molecular weight excluding hydrogens is 631 g/mol. The van der Waals surface area contributed by atoms with Crippen molar-refractivity contribution in [1.29, 1.82) is 0 Å². The van der Waals surface area contributed by atoms with E-state index in [1.807, 2.05) is 0 Å². The summed E-state index contributed by atoms with van der Waals surface area (Å²) in [5.74, 6) is 0.